The molecule has 0 aromatic heterocycles. The summed E-state index contributed by atoms with van der Waals surface area (Å²) in [5, 5.41) is 0. The van der Waals surface area contributed by atoms with Crippen LogP contribution in [0, 0.1) is 5.92 Å². The second-order valence-electron chi connectivity index (χ2n) is 3.71. The maximum absolute atomic E-state index is 2.49. The van der Waals surface area contributed by atoms with Crippen LogP contribution in [0.5, 0.6) is 0 Å². The molecular weight excluding hydrogens is 235 g/mol. The summed E-state index contributed by atoms with van der Waals surface area (Å²) < 4.78 is 4.65. The molecule has 0 nitrogen and oxygen atoms in total. The van der Waals surface area contributed by atoms with E-state index in [4.69, 9.17) is 0 Å². The molecule has 1 unspecified atom stereocenters. The van der Waals surface area contributed by atoms with Gasteiger partial charge in [-0.05, 0) is 0 Å². The van der Waals surface area contributed by atoms with Crippen LogP contribution >= 0.6 is 19.8 Å². The van der Waals surface area contributed by atoms with E-state index in [1.807, 2.05) is 0 Å². The third-order valence-corrected chi connectivity index (χ3v) is 10.9. The van der Waals surface area contributed by atoms with Gasteiger partial charge < -0.3 is 0 Å². The molecule has 1 aliphatic heterocycles. The fourth-order valence-corrected chi connectivity index (χ4v) is 8.18. The second-order valence-corrected chi connectivity index (χ2v) is 10.6. The van der Waals surface area contributed by atoms with Crippen LogP contribution in [0.4, 0.5) is 0 Å². The van der Waals surface area contributed by atoms with Crippen molar-refractivity contribution in [3.05, 3.63) is 0 Å². The van der Waals surface area contributed by atoms with Crippen molar-refractivity contribution >= 4 is 19.8 Å². The predicted molar refractivity (Wildman–Crippen MR) is 55.2 cm³/mol. The molecule has 2 fully saturated rings. The van der Waals surface area contributed by atoms with Gasteiger partial charge in [-0.3, -0.25) is 0 Å². The molecule has 0 aromatic carbocycles. The first-order valence-corrected chi connectivity index (χ1v) is 8.76. The Balaban J connectivity index is 1.69. The summed E-state index contributed by atoms with van der Waals surface area (Å²) in [6, 6.07) is 0. The Morgan fingerprint density at radius 2 is 2.10 bits per heavy atom. The molecule has 1 heteroatoms. The molecule has 1 atom stereocenters. The molecule has 0 aromatic rings. The molecular formula is C9H17I. The summed E-state index contributed by atoms with van der Waals surface area (Å²) in [6.07, 6.45) is 6.29. The standard InChI is InChI=1S/C9H17I/c1-8-5-6-10(8)7-9-3-2-4-9/h8-9H,2-7H2,1H3. The van der Waals surface area contributed by atoms with Crippen LogP contribution in [0.15, 0.2) is 0 Å². The number of hydrogen-bond donors (Lipinski definition) is 0. The topological polar surface area (TPSA) is 0 Å². The molecule has 2 aliphatic rings. The summed E-state index contributed by atoms with van der Waals surface area (Å²) in [5.74, 6) is 1.22. The summed E-state index contributed by atoms with van der Waals surface area (Å²) in [4.78, 5) is 0. The van der Waals surface area contributed by atoms with Gasteiger partial charge >= 0.3 is 71.1 Å². The third kappa shape index (κ3) is 1.34. The van der Waals surface area contributed by atoms with Crippen molar-refractivity contribution in [3.63, 3.8) is 0 Å². The van der Waals surface area contributed by atoms with Crippen molar-refractivity contribution in [2.75, 3.05) is 8.86 Å². The van der Waals surface area contributed by atoms with Gasteiger partial charge in [0.1, 0.15) is 0 Å². The fraction of sp³-hybridized carbons (Fsp3) is 1.00. The zero-order chi connectivity index (χ0) is 6.97. The van der Waals surface area contributed by atoms with Crippen molar-refractivity contribution in [2.45, 2.75) is 36.5 Å². The van der Waals surface area contributed by atoms with E-state index in [1.54, 1.807) is 34.5 Å². The predicted octanol–water partition coefficient (Wildman–Crippen LogP) is 3.09. The fourth-order valence-electron chi connectivity index (χ4n) is 1.64. The van der Waals surface area contributed by atoms with Crippen LogP contribution in [0.25, 0.3) is 0 Å². The zero-order valence-electron chi connectivity index (χ0n) is 6.78. The summed E-state index contributed by atoms with van der Waals surface area (Å²) in [5.41, 5.74) is 0. The van der Waals surface area contributed by atoms with Gasteiger partial charge in [-0.25, -0.2) is 0 Å². The van der Waals surface area contributed by atoms with Crippen molar-refractivity contribution in [3.8, 4) is 0 Å². The number of halogens is 1. The van der Waals surface area contributed by atoms with E-state index in [2.05, 4.69) is 6.92 Å². The summed E-state index contributed by atoms with van der Waals surface area (Å²) >= 11 is -0.279. The van der Waals surface area contributed by atoms with Crippen LogP contribution < -0.4 is 0 Å². The normalized spacial score (nSPS) is 36.9. The molecule has 1 aliphatic carbocycles. The Hall–Kier alpha value is 0.730. The van der Waals surface area contributed by atoms with Crippen molar-refractivity contribution < 1.29 is 0 Å². The molecule has 0 bridgehead atoms. The van der Waals surface area contributed by atoms with Gasteiger partial charge in [0.05, 0.1) is 0 Å². The van der Waals surface area contributed by atoms with Crippen LogP contribution in [-0.2, 0) is 0 Å². The molecule has 1 saturated heterocycles. The van der Waals surface area contributed by atoms with Gasteiger partial charge in [-0.1, -0.05) is 0 Å². The molecule has 0 spiro atoms. The summed E-state index contributed by atoms with van der Waals surface area (Å²) in [7, 11) is 0. The third-order valence-electron chi connectivity index (χ3n) is 2.92. The Bertz CT molecular complexity index is 118. The minimum atomic E-state index is -0.279. The Morgan fingerprint density at radius 1 is 1.30 bits per heavy atom. The number of hydrogen-bond acceptors (Lipinski definition) is 0. The minimum absolute atomic E-state index is 0.279. The van der Waals surface area contributed by atoms with E-state index in [9.17, 15) is 0 Å². The van der Waals surface area contributed by atoms with E-state index in [1.165, 1.54) is 9.84 Å². The first kappa shape index (κ1) is 7.38. The van der Waals surface area contributed by atoms with Gasteiger partial charge in [0.2, 0.25) is 0 Å². The zero-order valence-corrected chi connectivity index (χ0v) is 8.93. The number of rotatable bonds is 2. The Labute approximate surface area is 71.2 Å². The second kappa shape index (κ2) is 3.00. The van der Waals surface area contributed by atoms with Crippen molar-refractivity contribution in [2.24, 2.45) is 5.92 Å². The monoisotopic (exact) mass is 252 g/mol. The molecule has 10 heavy (non-hydrogen) atoms. The van der Waals surface area contributed by atoms with Crippen molar-refractivity contribution in [1.82, 2.24) is 0 Å². The maximum atomic E-state index is 2.49. The molecule has 0 amide bonds. The summed E-state index contributed by atoms with van der Waals surface area (Å²) in [6.45, 7) is 2.49. The first-order valence-electron chi connectivity index (χ1n) is 4.46. The van der Waals surface area contributed by atoms with Crippen LogP contribution in [0.3, 0.4) is 0 Å². The average molecular weight is 252 g/mol. The molecule has 2 rings (SSSR count). The van der Waals surface area contributed by atoms with Crippen LogP contribution in [0.1, 0.15) is 32.6 Å². The van der Waals surface area contributed by atoms with E-state index >= 15 is 0 Å². The van der Waals surface area contributed by atoms with E-state index in [0.717, 1.165) is 0 Å². The van der Waals surface area contributed by atoms with Gasteiger partial charge in [-0.2, -0.15) is 0 Å². The first-order chi connectivity index (χ1) is 4.86. The van der Waals surface area contributed by atoms with Gasteiger partial charge in [0, 0.05) is 0 Å². The quantitative estimate of drug-likeness (QED) is 0.523. The molecule has 1 saturated carbocycles. The van der Waals surface area contributed by atoms with Gasteiger partial charge in [-0.15, -0.1) is 0 Å². The molecule has 0 radical (unpaired) electrons. The van der Waals surface area contributed by atoms with E-state index in [0.29, 0.717) is 0 Å². The molecule has 1 heterocycles. The average Bonchev–Trinajstić information content (AvgIpc) is 1.82. The Kier molecular flexibility index (Phi) is 2.21. The van der Waals surface area contributed by atoms with E-state index in [-0.39, 0.29) is 19.8 Å². The van der Waals surface area contributed by atoms with E-state index < -0.39 is 0 Å². The van der Waals surface area contributed by atoms with Crippen LogP contribution in [-0.4, -0.2) is 12.8 Å². The Morgan fingerprint density at radius 3 is 2.40 bits per heavy atom. The molecule has 60 valence electrons. The number of alkyl halides is 3. The SMILES string of the molecule is CC1CCI1CC1CCC1. The van der Waals surface area contributed by atoms with Crippen molar-refractivity contribution in [1.29, 1.82) is 0 Å². The van der Waals surface area contributed by atoms with Crippen LogP contribution in [0.2, 0.25) is 0 Å². The van der Waals surface area contributed by atoms with Gasteiger partial charge in [0.25, 0.3) is 0 Å². The van der Waals surface area contributed by atoms with Gasteiger partial charge in [0.15, 0.2) is 0 Å². The molecule has 0 N–H and O–H groups in total.